The molecule has 0 N–H and O–H groups in total. The molecule has 0 aromatic carbocycles. The van der Waals surface area contributed by atoms with E-state index in [1.54, 1.807) is 0 Å². The van der Waals surface area contributed by atoms with Gasteiger partial charge in [-0.15, -0.1) is 0 Å². The second-order valence-corrected chi connectivity index (χ2v) is 4.53. The highest BCUT2D eigenvalue weighted by Crippen LogP contribution is 2.28. The van der Waals surface area contributed by atoms with E-state index in [2.05, 4.69) is 0 Å². The van der Waals surface area contributed by atoms with Gasteiger partial charge in [0.05, 0.1) is 0 Å². The van der Waals surface area contributed by atoms with E-state index >= 15 is 0 Å². The lowest BCUT2D eigenvalue weighted by Gasteiger charge is -2.17. The lowest BCUT2D eigenvalue weighted by molar-refractivity contribution is -0.140. The molecule has 16 heavy (non-hydrogen) atoms. The van der Waals surface area contributed by atoms with Crippen LogP contribution in [0, 0.1) is 11.8 Å². The standard InChI is InChI=1S/C12H19NO3/c1-4-8(2)10-7-11(15)13(12(10)16)6-5-9(3)14/h8,10H,4-7H2,1-3H3. The van der Waals surface area contributed by atoms with E-state index in [-0.39, 0.29) is 42.4 Å². The Morgan fingerprint density at radius 1 is 1.50 bits per heavy atom. The summed E-state index contributed by atoms with van der Waals surface area (Å²) >= 11 is 0. The monoisotopic (exact) mass is 225 g/mol. The number of imide groups is 1. The largest absolute Gasteiger partial charge is 0.300 e. The number of rotatable bonds is 5. The summed E-state index contributed by atoms with van der Waals surface area (Å²) in [5, 5.41) is 0. The summed E-state index contributed by atoms with van der Waals surface area (Å²) in [7, 11) is 0. The Bertz CT molecular complexity index is 311. The Labute approximate surface area is 96.0 Å². The van der Waals surface area contributed by atoms with E-state index in [9.17, 15) is 14.4 Å². The molecule has 4 heteroatoms. The van der Waals surface area contributed by atoms with Crippen LogP contribution in [0.4, 0.5) is 0 Å². The summed E-state index contributed by atoms with van der Waals surface area (Å²) in [5.41, 5.74) is 0. The molecule has 2 unspecified atom stereocenters. The number of carbonyl (C=O) groups excluding carboxylic acids is 3. The molecule has 0 aromatic heterocycles. The Kier molecular flexibility index (Phi) is 4.21. The number of ketones is 1. The average molecular weight is 225 g/mol. The number of amides is 2. The Hall–Kier alpha value is -1.19. The van der Waals surface area contributed by atoms with Crippen LogP contribution in [0.5, 0.6) is 0 Å². The van der Waals surface area contributed by atoms with Crippen molar-refractivity contribution in [1.82, 2.24) is 4.90 Å². The van der Waals surface area contributed by atoms with Crippen LogP contribution < -0.4 is 0 Å². The van der Waals surface area contributed by atoms with Gasteiger partial charge in [-0.2, -0.15) is 0 Å². The molecule has 2 atom stereocenters. The first-order valence-electron chi connectivity index (χ1n) is 5.81. The molecule has 4 nitrogen and oxygen atoms in total. The topological polar surface area (TPSA) is 54.5 Å². The minimum Gasteiger partial charge on any atom is -0.300 e. The van der Waals surface area contributed by atoms with Gasteiger partial charge < -0.3 is 0 Å². The van der Waals surface area contributed by atoms with Gasteiger partial charge in [-0.25, -0.2) is 0 Å². The number of carbonyl (C=O) groups is 3. The van der Waals surface area contributed by atoms with E-state index in [0.717, 1.165) is 6.42 Å². The maximum atomic E-state index is 11.9. The first-order chi connectivity index (χ1) is 7.47. The van der Waals surface area contributed by atoms with Gasteiger partial charge in [-0.1, -0.05) is 20.3 Å². The fourth-order valence-corrected chi connectivity index (χ4v) is 1.94. The second kappa shape index (κ2) is 5.23. The lowest BCUT2D eigenvalue weighted by Crippen LogP contribution is -2.33. The molecule has 0 radical (unpaired) electrons. The quantitative estimate of drug-likeness (QED) is 0.664. The fraction of sp³-hybridized carbons (Fsp3) is 0.750. The van der Waals surface area contributed by atoms with Crippen LogP contribution >= 0.6 is 0 Å². The average Bonchev–Trinajstić information content (AvgIpc) is 2.51. The minimum absolute atomic E-state index is 0.00703. The van der Waals surface area contributed by atoms with E-state index in [1.807, 2.05) is 13.8 Å². The van der Waals surface area contributed by atoms with Crippen molar-refractivity contribution in [2.45, 2.75) is 40.0 Å². The van der Waals surface area contributed by atoms with Crippen LogP contribution in [-0.2, 0) is 14.4 Å². The molecule has 0 aliphatic carbocycles. The van der Waals surface area contributed by atoms with Gasteiger partial charge in [0.1, 0.15) is 5.78 Å². The summed E-state index contributed by atoms with van der Waals surface area (Å²) in [6, 6.07) is 0. The van der Waals surface area contributed by atoms with Crippen molar-refractivity contribution in [2.24, 2.45) is 11.8 Å². The van der Waals surface area contributed by atoms with Crippen molar-refractivity contribution in [3.63, 3.8) is 0 Å². The van der Waals surface area contributed by atoms with Gasteiger partial charge in [-0.05, 0) is 12.8 Å². The van der Waals surface area contributed by atoms with Crippen molar-refractivity contribution in [1.29, 1.82) is 0 Å². The van der Waals surface area contributed by atoms with Crippen LogP contribution in [0.25, 0.3) is 0 Å². The molecule has 1 saturated heterocycles. The zero-order chi connectivity index (χ0) is 12.3. The third-order valence-corrected chi connectivity index (χ3v) is 3.30. The molecule has 1 heterocycles. The summed E-state index contributed by atoms with van der Waals surface area (Å²) in [6.07, 6.45) is 1.47. The Morgan fingerprint density at radius 3 is 2.62 bits per heavy atom. The number of hydrogen-bond donors (Lipinski definition) is 0. The molecular weight excluding hydrogens is 206 g/mol. The third-order valence-electron chi connectivity index (χ3n) is 3.30. The van der Waals surface area contributed by atoms with Crippen LogP contribution in [0.3, 0.4) is 0 Å². The highest BCUT2D eigenvalue weighted by Gasteiger charge is 2.40. The van der Waals surface area contributed by atoms with E-state index < -0.39 is 0 Å². The van der Waals surface area contributed by atoms with Gasteiger partial charge in [0.25, 0.3) is 0 Å². The van der Waals surface area contributed by atoms with Crippen molar-refractivity contribution in [3.8, 4) is 0 Å². The number of nitrogens with zero attached hydrogens (tertiary/aromatic N) is 1. The van der Waals surface area contributed by atoms with Crippen LogP contribution in [0.15, 0.2) is 0 Å². The molecule has 0 aromatic rings. The maximum absolute atomic E-state index is 11.9. The molecule has 2 amide bonds. The zero-order valence-corrected chi connectivity index (χ0v) is 10.2. The predicted molar refractivity (Wildman–Crippen MR) is 59.6 cm³/mol. The van der Waals surface area contributed by atoms with Crippen molar-refractivity contribution in [3.05, 3.63) is 0 Å². The second-order valence-electron chi connectivity index (χ2n) is 4.53. The Morgan fingerprint density at radius 2 is 2.12 bits per heavy atom. The van der Waals surface area contributed by atoms with Crippen molar-refractivity contribution < 1.29 is 14.4 Å². The predicted octanol–water partition coefficient (Wildman–Crippen LogP) is 1.39. The van der Waals surface area contributed by atoms with Gasteiger partial charge in [-0.3, -0.25) is 19.3 Å². The van der Waals surface area contributed by atoms with Crippen LogP contribution in [0.1, 0.15) is 40.0 Å². The van der Waals surface area contributed by atoms with Gasteiger partial charge in [0, 0.05) is 25.3 Å². The molecule has 1 aliphatic heterocycles. The molecule has 1 rings (SSSR count). The maximum Gasteiger partial charge on any atom is 0.233 e. The van der Waals surface area contributed by atoms with E-state index in [4.69, 9.17) is 0 Å². The summed E-state index contributed by atoms with van der Waals surface area (Å²) in [5.74, 6) is -0.159. The third kappa shape index (κ3) is 2.68. The molecule has 1 fully saturated rings. The molecule has 1 aliphatic rings. The number of hydrogen-bond acceptors (Lipinski definition) is 3. The zero-order valence-electron chi connectivity index (χ0n) is 10.2. The summed E-state index contributed by atoms with van der Waals surface area (Å²) in [6.45, 7) is 5.72. The first kappa shape index (κ1) is 12.9. The molecule has 90 valence electrons. The number of Topliss-reactive ketones (excluding diaryl/α,β-unsaturated/α-hetero) is 1. The van der Waals surface area contributed by atoms with Crippen molar-refractivity contribution in [2.75, 3.05) is 6.54 Å². The first-order valence-corrected chi connectivity index (χ1v) is 5.81. The smallest absolute Gasteiger partial charge is 0.233 e. The van der Waals surface area contributed by atoms with Gasteiger partial charge >= 0.3 is 0 Å². The van der Waals surface area contributed by atoms with E-state index in [0.29, 0.717) is 6.42 Å². The van der Waals surface area contributed by atoms with E-state index in [1.165, 1.54) is 11.8 Å². The van der Waals surface area contributed by atoms with Crippen molar-refractivity contribution >= 4 is 17.6 Å². The van der Waals surface area contributed by atoms with Crippen LogP contribution in [0.2, 0.25) is 0 Å². The SMILES string of the molecule is CCC(C)C1CC(=O)N(CCC(C)=O)C1=O. The fourth-order valence-electron chi connectivity index (χ4n) is 1.94. The lowest BCUT2D eigenvalue weighted by atomic mass is 9.90. The molecule has 0 saturated carbocycles. The summed E-state index contributed by atoms with van der Waals surface area (Å²) in [4.78, 5) is 35.6. The van der Waals surface area contributed by atoms with Gasteiger partial charge in [0.15, 0.2) is 0 Å². The minimum atomic E-state index is -0.176. The Balaban J connectivity index is 2.64. The van der Waals surface area contributed by atoms with Gasteiger partial charge in [0.2, 0.25) is 11.8 Å². The molecule has 0 spiro atoms. The summed E-state index contributed by atoms with van der Waals surface area (Å²) < 4.78 is 0. The molecule has 0 bridgehead atoms. The highest BCUT2D eigenvalue weighted by molar-refractivity contribution is 6.03. The molecular formula is C12H19NO3. The number of likely N-dealkylation sites (tertiary alicyclic amines) is 1. The van der Waals surface area contributed by atoms with Crippen LogP contribution in [-0.4, -0.2) is 29.0 Å². The highest BCUT2D eigenvalue weighted by atomic mass is 16.2. The normalized spacial score (nSPS) is 22.7.